The Balaban J connectivity index is 1.91. The molecule has 0 aromatic carbocycles. The maximum atomic E-state index is 11.0. The average Bonchev–Trinajstić information content (AvgIpc) is 3.07. The molecule has 1 saturated heterocycles. The monoisotopic (exact) mass is 259 g/mol. The molecule has 100 valence electrons. The Morgan fingerprint density at radius 3 is 3.11 bits per heavy atom. The van der Waals surface area contributed by atoms with Gasteiger partial charge in [0, 0.05) is 24.1 Å². The van der Waals surface area contributed by atoms with Gasteiger partial charge >= 0.3 is 0 Å². The predicted molar refractivity (Wildman–Crippen MR) is 72.2 cm³/mol. The van der Waals surface area contributed by atoms with E-state index in [9.17, 15) is 4.79 Å². The maximum Gasteiger partial charge on any atom is 0.154 e. The minimum atomic E-state index is -0.126. The van der Waals surface area contributed by atoms with Gasteiger partial charge in [0.2, 0.25) is 0 Å². The lowest BCUT2D eigenvalue weighted by molar-refractivity contribution is -0.109. The van der Waals surface area contributed by atoms with Crippen LogP contribution in [0, 0.1) is 5.92 Å². The first-order valence-electron chi connectivity index (χ1n) is 6.64. The number of nitrogens with zero attached hydrogens (tertiary/aromatic N) is 3. The first kappa shape index (κ1) is 12.3. The zero-order valence-corrected chi connectivity index (χ0v) is 11.0. The molecule has 5 heteroatoms. The van der Waals surface area contributed by atoms with Crippen LogP contribution in [0.3, 0.4) is 0 Å². The highest BCUT2D eigenvalue weighted by Crippen LogP contribution is 2.35. The molecular weight excluding hydrogens is 242 g/mol. The van der Waals surface area contributed by atoms with Crippen LogP contribution in [-0.2, 0) is 9.53 Å². The van der Waals surface area contributed by atoms with E-state index in [0.29, 0.717) is 6.54 Å². The number of pyridine rings is 1. The highest BCUT2D eigenvalue weighted by molar-refractivity contribution is 5.98. The van der Waals surface area contributed by atoms with Crippen molar-refractivity contribution in [2.75, 3.05) is 18.2 Å². The number of carbonyl (C=O) groups excluding carboxylic acids is 1. The van der Waals surface area contributed by atoms with Crippen molar-refractivity contribution in [3.63, 3.8) is 0 Å². The summed E-state index contributed by atoms with van der Waals surface area (Å²) in [7, 11) is 0. The van der Waals surface area contributed by atoms with Crippen molar-refractivity contribution in [2.45, 2.75) is 25.9 Å². The minimum absolute atomic E-state index is 0.106. The highest BCUT2D eigenvalue weighted by Gasteiger charge is 2.29. The van der Waals surface area contributed by atoms with Crippen molar-refractivity contribution < 1.29 is 9.53 Å². The normalized spacial score (nSPS) is 26.6. The molecule has 3 rings (SSSR count). The fourth-order valence-corrected chi connectivity index (χ4v) is 2.60. The molecule has 2 aliphatic heterocycles. The summed E-state index contributed by atoms with van der Waals surface area (Å²) >= 11 is 0. The molecule has 0 amide bonds. The van der Waals surface area contributed by atoms with E-state index in [0.717, 1.165) is 42.8 Å². The summed E-state index contributed by atoms with van der Waals surface area (Å²) in [6.07, 6.45) is 4.92. The lowest BCUT2D eigenvalue weighted by Crippen LogP contribution is -2.22. The molecule has 1 aromatic rings. The van der Waals surface area contributed by atoms with Crippen molar-refractivity contribution in [1.82, 2.24) is 4.98 Å². The van der Waals surface area contributed by atoms with Crippen molar-refractivity contribution in [3.05, 3.63) is 23.9 Å². The summed E-state index contributed by atoms with van der Waals surface area (Å²) in [6, 6.07) is 3.96. The molecule has 19 heavy (non-hydrogen) atoms. The topological polar surface area (TPSA) is 54.8 Å². The number of hydrogen-bond donors (Lipinski definition) is 0. The average molecular weight is 259 g/mol. The van der Waals surface area contributed by atoms with Crippen molar-refractivity contribution in [1.29, 1.82) is 0 Å². The third-order valence-electron chi connectivity index (χ3n) is 3.69. The Kier molecular flexibility index (Phi) is 3.29. The Morgan fingerprint density at radius 2 is 2.42 bits per heavy atom. The Labute approximate surface area is 112 Å². The molecule has 0 saturated carbocycles. The minimum Gasteiger partial charge on any atom is -0.373 e. The van der Waals surface area contributed by atoms with Crippen LogP contribution >= 0.6 is 0 Å². The third kappa shape index (κ3) is 2.26. The van der Waals surface area contributed by atoms with Crippen LogP contribution in [0.25, 0.3) is 0 Å². The van der Waals surface area contributed by atoms with E-state index in [1.54, 1.807) is 6.20 Å². The fraction of sp³-hybridized carbons (Fsp3) is 0.500. The second-order valence-corrected chi connectivity index (χ2v) is 4.98. The van der Waals surface area contributed by atoms with E-state index in [-0.39, 0.29) is 12.0 Å². The first-order valence-corrected chi connectivity index (χ1v) is 6.64. The Bertz CT molecular complexity index is 509. The van der Waals surface area contributed by atoms with Gasteiger partial charge < -0.3 is 9.53 Å². The molecule has 1 aromatic heterocycles. The summed E-state index contributed by atoms with van der Waals surface area (Å²) in [5.41, 5.74) is 1.92. The van der Waals surface area contributed by atoms with Gasteiger partial charge in [-0.25, -0.2) is 9.99 Å². The number of hydrazone groups is 1. The molecule has 2 aliphatic rings. The number of rotatable bonds is 3. The second-order valence-electron chi connectivity index (χ2n) is 4.98. The third-order valence-corrected chi connectivity index (χ3v) is 3.69. The molecule has 2 atom stereocenters. The largest absolute Gasteiger partial charge is 0.373 e. The number of ether oxygens (including phenoxy) is 1. The molecular formula is C14H17N3O2. The van der Waals surface area contributed by atoms with Gasteiger partial charge in [-0.3, -0.25) is 0 Å². The summed E-state index contributed by atoms with van der Waals surface area (Å²) < 4.78 is 5.73. The molecule has 0 N–H and O–H groups in total. The molecule has 0 aliphatic carbocycles. The molecule has 0 bridgehead atoms. The SMILES string of the molecule is CC1=NN(c2ncccc2C2CCCO2)CC1C=O. The van der Waals surface area contributed by atoms with Crippen LogP contribution in [0.2, 0.25) is 0 Å². The summed E-state index contributed by atoms with van der Waals surface area (Å²) in [5, 5.41) is 6.27. The van der Waals surface area contributed by atoms with Gasteiger partial charge in [-0.2, -0.15) is 5.10 Å². The van der Waals surface area contributed by atoms with E-state index in [1.165, 1.54) is 0 Å². The Morgan fingerprint density at radius 1 is 1.53 bits per heavy atom. The smallest absolute Gasteiger partial charge is 0.154 e. The fourth-order valence-electron chi connectivity index (χ4n) is 2.60. The molecule has 0 radical (unpaired) electrons. The predicted octanol–water partition coefficient (Wildman–Crippen LogP) is 1.94. The highest BCUT2D eigenvalue weighted by atomic mass is 16.5. The molecule has 5 nitrogen and oxygen atoms in total. The summed E-state index contributed by atoms with van der Waals surface area (Å²) in [4.78, 5) is 15.4. The number of aromatic nitrogens is 1. The van der Waals surface area contributed by atoms with Crippen LogP contribution in [0.5, 0.6) is 0 Å². The van der Waals surface area contributed by atoms with Gasteiger partial charge in [0.25, 0.3) is 0 Å². The van der Waals surface area contributed by atoms with Crippen molar-refractivity contribution in [3.8, 4) is 0 Å². The van der Waals surface area contributed by atoms with Crippen molar-refractivity contribution in [2.24, 2.45) is 11.0 Å². The lowest BCUT2D eigenvalue weighted by atomic mass is 10.1. The van der Waals surface area contributed by atoms with E-state index in [4.69, 9.17) is 4.74 Å². The standard InChI is InChI=1S/C14H17N3O2/c1-10-11(9-18)8-17(16-10)14-12(4-2-6-15-14)13-5-3-7-19-13/h2,4,6,9,11,13H,3,5,7-8H2,1H3. The summed E-state index contributed by atoms with van der Waals surface area (Å²) in [6.45, 7) is 3.26. The Hall–Kier alpha value is -1.75. The van der Waals surface area contributed by atoms with Gasteiger partial charge in [0.05, 0.1) is 18.6 Å². The molecule has 2 unspecified atom stereocenters. The zero-order chi connectivity index (χ0) is 13.2. The first-order chi connectivity index (χ1) is 9.29. The van der Waals surface area contributed by atoms with Crippen LogP contribution in [0.1, 0.15) is 31.4 Å². The van der Waals surface area contributed by atoms with E-state index in [2.05, 4.69) is 10.1 Å². The van der Waals surface area contributed by atoms with Crippen LogP contribution < -0.4 is 5.01 Å². The zero-order valence-electron chi connectivity index (χ0n) is 11.0. The number of anilines is 1. The van der Waals surface area contributed by atoms with Crippen LogP contribution in [0.4, 0.5) is 5.82 Å². The van der Waals surface area contributed by atoms with Gasteiger partial charge in [-0.15, -0.1) is 0 Å². The molecule has 0 spiro atoms. The second kappa shape index (κ2) is 5.09. The summed E-state index contributed by atoms with van der Waals surface area (Å²) in [5.74, 6) is 0.692. The van der Waals surface area contributed by atoms with Gasteiger partial charge in [0.15, 0.2) is 5.82 Å². The van der Waals surface area contributed by atoms with Gasteiger partial charge in [-0.05, 0) is 25.8 Å². The van der Waals surface area contributed by atoms with Crippen LogP contribution in [-0.4, -0.2) is 30.1 Å². The van der Waals surface area contributed by atoms with E-state index >= 15 is 0 Å². The lowest BCUT2D eigenvalue weighted by Gasteiger charge is -2.20. The van der Waals surface area contributed by atoms with E-state index in [1.807, 2.05) is 24.1 Å². The van der Waals surface area contributed by atoms with Crippen molar-refractivity contribution >= 4 is 17.8 Å². The number of carbonyl (C=O) groups is 1. The molecule has 1 fully saturated rings. The van der Waals surface area contributed by atoms with Crippen LogP contribution in [0.15, 0.2) is 23.4 Å². The van der Waals surface area contributed by atoms with Gasteiger partial charge in [0.1, 0.15) is 6.29 Å². The quantitative estimate of drug-likeness (QED) is 0.778. The van der Waals surface area contributed by atoms with Gasteiger partial charge in [-0.1, -0.05) is 6.07 Å². The number of hydrogen-bond acceptors (Lipinski definition) is 5. The molecule has 3 heterocycles. The number of aldehydes is 1. The van der Waals surface area contributed by atoms with E-state index < -0.39 is 0 Å². The maximum absolute atomic E-state index is 11.0.